The van der Waals surface area contributed by atoms with E-state index in [4.69, 9.17) is 0 Å². The first-order valence-corrected chi connectivity index (χ1v) is 7.51. The van der Waals surface area contributed by atoms with Crippen molar-refractivity contribution in [1.29, 1.82) is 0 Å². The first-order chi connectivity index (χ1) is 11.0. The Morgan fingerprint density at radius 3 is 2.30 bits per heavy atom. The molecule has 1 aromatic carbocycles. The summed E-state index contributed by atoms with van der Waals surface area (Å²) in [4.78, 5) is 38.0. The van der Waals surface area contributed by atoms with Gasteiger partial charge in [-0.1, -0.05) is 0 Å². The van der Waals surface area contributed by atoms with Crippen LogP contribution in [0.5, 0.6) is 0 Å². The molecular formula is C15H17N3O5. The summed E-state index contributed by atoms with van der Waals surface area (Å²) in [6.45, 7) is 1.16. The molecule has 1 unspecified atom stereocenters. The molecule has 2 heterocycles. The second-order valence-electron chi connectivity index (χ2n) is 5.83. The molecule has 1 aromatic rings. The van der Waals surface area contributed by atoms with Crippen LogP contribution in [0.3, 0.4) is 0 Å². The minimum atomic E-state index is -0.529. The van der Waals surface area contributed by atoms with Gasteiger partial charge >= 0.3 is 0 Å². The molecule has 8 heteroatoms. The molecule has 1 N–H and O–H groups in total. The molecule has 2 amide bonds. The van der Waals surface area contributed by atoms with Crippen molar-refractivity contribution >= 4 is 23.2 Å². The highest BCUT2D eigenvalue weighted by Crippen LogP contribution is 2.28. The molecule has 122 valence electrons. The number of benzene rings is 1. The quantitative estimate of drug-likeness (QED) is 0.499. The summed E-state index contributed by atoms with van der Waals surface area (Å²) in [6, 6.07) is 4.87. The third-order valence-electron chi connectivity index (χ3n) is 4.38. The van der Waals surface area contributed by atoms with Crippen LogP contribution in [0.4, 0.5) is 11.4 Å². The molecule has 23 heavy (non-hydrogen) atoms. The van der Waals surface area contributed by atoms with Gasteiger partial charge in [-0.2, -0.15) is 0 Å². The van der Waals surface area contributed by atoms with Crippen molar-refractivity contribution in [3.63, 3.8) is 0 Å². The Balaban J connectivity index is 1.77. The van der Waals surface area contributed by atoms with E-state index in [1.165, 1.54) is 24.3 Å². The predicted molar refractivity (Wildman–Crippen MR) is 80.8 cm³/mol. The molecule has 1 atom stereocenters. The molecule has 2 fully saturated rings. The minimum absolute atomic E-state index is 0.0885. The lowest BCUT2D eigenvalue weighted by atomic mass is 10.1. The number of imide groups is 1. The Bertz CT molecular complexity index is 637. The smallest absolute Gasteiger partial charge is 0.269 e. The first-order valence-electron chi connectivity index (χ1n) is 7.51. The number of anilines is 1. The van der Waals surface area contributed by atoms with E-state index in [9.17, 15) is 24.8 Å². The number of non-ortho nitro benzene ring substituents is 1. The highest BCUT2D eigenvalue weighted by Gasteiger charge is 2.43. The second-order valence-corrected chi connectivity index (χ2v) is 5.83. The summed E-state index contributed by atoms with van der Waals surface area (Å²) < 4.78 is 0. The molecule has 2 aliphatic rings. The van der Waals surface area contributed by atoms with Gasteiger partial charge in [-0.05, 0) is 25.0 Å². The summed E-state index contributed by atoms with van der Waals surface area (Å²) >= 11 is 0. The molecule has 8 nitrogen and oxygen atoms in total. The summed E-state index contributed by atoms with van der Waals surface area (Å²) in [5, 5.41) is 20.2. The maximum Gasteiger partial charge on any atom is 0.269 e. The van der Waals surface area contributed by atoms with Crippen molar-refractivity contribution in [3.8, 4) is 0 Å². The van der Waals surface area contributed by atoms with E-state index in [0.29, 0.717) is 31.6 Å². The zero-order chi connectivity index (χ0) is 16.6. The van der Waals surface area contributed by atoms with E-state index in [0.717, 1.165) is 4.90 Å². The Hall–Kier alpha value is -2.32. The third-order valence-corrected chi connectivity index (χ3v) is 4.38. The number of nitro groups is 1. The molecule has 0 bridgehead atoms. The van der Waals surface area contributed by atoms with Crippen molar-refractivity contribution in [3.05, 3.63) is 34.4 Å². The lowest BCUT2D eigenvalue weighted by Crippen LogP contribution is -2.46. The average molecular weight is 319 g/mol. The topological polar surface area (TPSA) is 104 Å². The molecular weight excluding hydrogens is 302 g/mol. The lowest BCUT2D eigenvalue weighted by Gasteiger charge is -2.32. The van der Waals surface area contributed by atoms with E-state index >= 15 is 0 Å². The monoisotopic (exact) mass is 319 g/mol. The maximum atomic E-state index is 12.6. The van der Waals surface area contributed by atoms with Gasteiger partial charge in [-0.25, -0.2) is 4.90 Å². The van der Waals surface area contributed by atoms with Crippen LogP contribution in [0.25, 0.3) is 0 Å². The highest BCUT2D eigenvalue weighted by molar-refractivity contribution is 6.22. The number of amides is 2. The second kappa shape index (κ2) is 6.05. The van der Waals surface area contributed by atoms with Gasteiger partial charge in [0.05, 0.1) is 29.2 Å². The zero-order valence-corrected chi connectivity index (χ0v) is 12.4. The minimum Gasteiger partial charge on any atom is -0.393 e. The molecule has 0 spiro atoms. The van der Waals surface area contributed by atoms with Gasteiger partial charge < -0.3 is 5.11 Å². The number of rotatable bonds is 3. The van der Waals surface area contributed by atoms with Crippen molar-refractivity contribution in [2.24, 2.45) is 0 Å². The Morgan fingerprint density at radius 2 is 1.74 bits per heavy atom. The first kappa shape index (κ1) is 15.6. The van der Waals surface area contributed by atoms with Crippen LogP contribution in [0.2, 0.25) is 0 Å². The highest BCUT2D eigenvalue weighted by atomic mass is 16.6. The van der Waals surface area contributed by atoms with Crippen LogP contribution in [0.1, 0.15) is 19.3 Å². The molecule has 2 saturated heterocycles. The zero-order valence-electron chi connectivity index (χ0n) is 12.4. The van der Waals surface area contributed by atoms with Gasteiger partial charge in [0, 0.05) is 25.2 Å². The van der Waals surface area contributed by atoms with Gasteiger partial charge in [0.25, 0.3) is 11.6 Å². The van der Waals surface area contributed by atoms with E-state index in [1.807, 2.05) is 4.90 Å². The third kappa shape index (κ3) is 2.95. The van der Waals surface area contributed by atoms with Gasteiger partial charge in [0.15, 0.2) is 0 Å². The Labute approximate surface area is 132 Å². The number of hydrogen-bond donors (Lipinski definition) is 1. The van der Waals surface area contributed by atoms with Gasteiger partial charge in [-0.15, -0.1) is 0 Å². The number of hydrogen-bond acceptors (Lipinski definition) is 6. The number of aliphatic hydroxyl groups is 1. The molecule has 0 radical (unpaired) electrons. The van der Waals surface area contributed by atoms with E-state index in [-0.39, 0.29) is 30.0 Å². The summed E-state index contributed by atoms with van der Waals surface area (Å²) in [5.41, 5.74) is 0.263. The van der Waals surface area contributed by atoms with Crippen LogP contribution in [-0.4, -0.2) is 52.0 Å². The number of nitro benzene ring substituents is 1. The van der Waals surface area contributed by atoms with Crippen LogP contribution >= 0.6 is 0 Å². The van der Waals surface area contributed by atoms with Crippen molar-refractivity contribution in [2.45, 2.75) is 31.4 Å². The summed E-state index contributed by atoms with van der Waals surface area (Å²) in [5.74, 6) is -0.611. The SMILES string of the molecule is O=C1CC(N2CCC(O)CC2)C(=O)N1c1ccc([N+](=O)[O-])cc1. The number of carbonyl (C=O) groups excluding carboxylic acids is 2. The number of nitrogens with zero attached hydrogens (tertiary/aromatic N) is 3. The van der Waals surface area contributed by atoms with Crippen LogP contribution in [0, 0.1) is 10.1 Å². The van der Waals surface area contributed by atoms with E-state index in [2.05, 4.69) is 0 Å². The van der Waals surface area contributed by atoms with Gasteiger partial charge in [0.1, 0.15) is 0 Å². The number of carbonyl (C=O) groups is 2. The number of aliphatic hydroxyl groups excluding tert-OH is 1. The molecule has 3 rings (SSSR count). The Morgan fingerprint density at radius 1 is 1.13 bits per heavy atom. The number of likely N-dealkylation sites (tertiary alicyclic amines) is 1. The number of piperidine rings is 1. The van der Waals surface area contributed by atoms with E-state index in [1.54, 1.807) is 0 Å². The largest absolute Gasteiger partial charge is 0.393 e. The predicted octanol–water partition coefficient (Wildman–Crippen LogP) is 0.683. The van der Waals surface area contributed by atoms with Gasteiger partial charge in [0.2, 0.25) is 5.91 Å². The molecule has 0 saturated carbocycles. The van der Waals surface area contributed by atoms with Crippen LogP contribution < -0.4 is 4.90 Å². The van der Waals surface area contributed by atoms with Crippen LogP contribution in [-0.2, 0) is 9.59 Å². The fraction of sp³-hybridized carbons (Fsp3) is 0.467. The fourth-order valence-electron chi connectivity index (χ4n) is 3.09. The lowest BCUT2D eigenvalue weighted by molar-refractivity contribution is -0.384. The maximum absolute atomic E-state index is 12.6. The standard InChI is InChI=1S/C15H17N3O5/c19-12-5-7-16(8-6-12)13-9-14(20)17(15(13)21)10-1-3-11(4-2-10)18(22)23/h1-4,12-13,19H,5-9H2. The van der Waals surface area contributed by atoms with Crippen molar-refractivity contribution < 1.29 is 19.6 Å². The molecule has 2 aliphatic heterocycles. The normalized spacial score (nSPS) is 23.5. The average Bonchev–Trinajstić information content (AvgIpc) is 2.83. The van der Waals surface area contributed by atoms with Crippen molar-refractivity contribution in [2.75, 3.05) is 18.0 Å². The fourth-order valence-corrected chi connectivity index (χ4v) is 3.09. The van der Waals surface area contributed by atoms with Crippen molar-refractivity contribution in [1.82, 2.24) is 4.90 Å². The molecule has 0 aromatic heterocycles. The molecule has 0 aliphatic carbocycles. The van der Waals surface area contributed by atoms with E-state index < -0.39 is 11.0 Å². The summed E-state index contributed by atoms with van der Waals surface area (Å²) in [7, 11) is 0. The summed E-state index contributed by atoms with van der Waals surface area (Å²) in [6.07, 6.45) is 0.945. The Kier molecular flexibility index (Phi) is 4.10. The van der Waals surface area contributed by atoms with Crippen LogP contribution in [0.15, 0.2) is 24.3 Å². The van der Waals surface area contributed by atoms with Gasteiger partial charge in [-0.3, -0.25) is 24.6 Å².